The molecule has 1 fully saturated rings. The summed E-state index contributed by atoms with van der Waals surface area (Å²) in [6, 6.07) is 16.1. The molecule has 1 saturated heterocycles. The number of nitrogens with one attached hydrogen (secondary N) is 2. The van der Waals surface area contributed by atoms with Gasteiger partial charge in [0.2, 0.25) is 0 Å². The number of aliphatic carboxylic acids is 1. The van der Waals surface area contributed by atoms with Crippen LogP contribution in [0.3, 0.4) is 0 Å². The molecule has 1 aliphatic heterocycles. The van der Waals surface area contributed by atoms with Crippen molar-refractivity contribution in [1.82, 2.24) is 9.78 Å². The maximum atomic E-state index is 13.8. The van der Waals surface area contributed by atoms with Crippen LogP contribution in [0, 0.1) is 5.82 Å². The molecular weight excluding hydrogens is 541 g/mol. The average molecular weight is 574 g/mol. The monoisotopic (exact) mass is 573 g/mol. The van der Waals surface area contributed by atoms with Gasteiger partial charge in [0.1, 0.15) is 5.82 Å². The summed E-state index contributed by atoms with van der Waals surface area (Å²) in [5.41, 5.74) is 2.89. The standard InChI is InChI=1S/C31H32FN5O5/c1-42-16-15-37-26-8-4-3-7-23(26)29(35-37)31(41)34-25-18-20(9-12-27(25)36-13-5-2-6-14-36)30(40)33-24-11-10-22(32)17-21(24)19-28(38)39/h3-4,7-12,17-18H,2,5-6,13-16,19H2,1H3,(H,33,40)(H,34,41)(H,38,39). The third kappa shape index (κ3) is 6.41. The maximum Gasteiger partial charge on any atom is 0.307 e. The molecule has 42 heavy (non-hydrogen) atoms. The predicted molar refractivity (Wildman–Crippen MR) is 158 cm³/mol. The molecule has 0 unspecified atom stereocenters. The maximum absolute atomic E-state index is 13.8. The lowest BCUT2D eigenvalue weighted by Gasteiger charge is -2.30. The van der Waals surface area contributed by atoms with E-state index in [2.05, 4.69) is 20.6 Å². The van der Waals surface area contributed by atoms with E-state index < -0.39 is 30.0 Å². The molecule has 2 amide bonds. The zero-order chi connectivity index (χ0) is 29.6. The molecule has 11 heteroatoms. The minimum absolute atomic E-state index is 0.144. The number of ether oxygens (including phenoxy) is 1. The van der Waals surface area contributed by atoms with Gasteiger partial charge in [-0.25, -0.2) is 4.39 Å². The van der Waals surface area contributed by atoms with Gasteiger partial charge in [-0.05, 0) is 67.3 Å². The van der Waals surface area contributed by atoms with Crippen molar-refractivity contribution in [3.8, 4) is 0 Å². The van der Waals surface area contributed by atoms with Crippen LogP contribution in [0.5, 0.6) is 0 Å². The van der Waals surface area contributed by atoms with Crippen molar-refractivity contribution < 1.29 is 28.6 Å². The minimum Gasteiger partial charge on any atom is -0.481 e. The van der Waals surface area contributed by atoms with E-state index in [9.17, 15) is 23.9 Å². The quantitative estimate of drug-likeness (QED) is 0.245. The van der Waals surface area contributed by atoms with Gasteiger partial charge < -0.3 is 25.4 Å². The van der Waals surface area contributed by atoms with E-state index in [1.165, 1.54) is 6.07 Å². The second-order valence-electron chi connectivity index (χ2n) is 10.1. The molecule has 1 aromatic heterocycles. The van der Waals surface area contributed by atoms with Gasteiger partial charge in [0, 0.05) is 36.8 Å². The fourth-order valence-corrected chi connectivity index (χ4v) is 5.20. The first kappa shape index (κ1) is 28.7. The van der Waals surface area contributed by atoms with Crippen molar-refractivity contribution in [3.63, 3.8) is 0 Å². The highest BCUT2D eigenvalue weighted by molar-refractivity contribution is 6.13. The van der Waals surface area contributed by atoms with E-state index in [1.807, 2.05) is 24.3 Å². The molecule has 4 aromatic rings. The fourth-order valence-electron chi connectivity index (χ4n) is 5.20. The van der Waals surface area contributed by atoms with E-state index in [0.29, 0.717) is 24.2 Å². The van der Waals surface area contributed by atoms with Crippen LogP contribution in [0.4, 0.5) is 21.5 Å². The molecular formula is C31H32FN5O5. The van der Waals surface area contributed by atoms with Crippen molar-refractivity contribution >= 4 is 45.7 Å². The summed E-state index contributed by atoms with van der Waals surface area (Å²) in [6.45, 7) is 2.55. The number of methoxy groups -OCH3 is 1. The van der Waals surface area contributed by atoms with Crippen LogP contribution in [0.2, 0.25) is 0 Å². The topological polar surface area (TPSA) is 126 Å². The van der Waals surface area contributed by atoms with Gasteiger partial charge in [-0.1, -0.05) is 18.2 Å². The number of carbonyl (C=O) groups is 3. The number of nitrogens with zero attached hydrogens (tertiary/aromatic N) is 3. The molecule has 2 heterocycles. The largest absolute Gasteiger partial charge is 0.481 e. The van der Waals surface area contributed by atoms with Gasteiger partial charge in [-0.15, -0.1) is 0 Å². The molecule has 0 aliphatic carbocycles. The SMILES string of the molecule is COCCn1nc(C(=O)Nc2cc(C(=O)Nc3ccc(F)cc3CC(=O)O)ccc2N2CCCCC2)c2ccccc21. The Kier molecular flexibility index (Phi) is 8.77. The second-order valence-corrected chi connectivity index (χ2v) is 10.1. The molecule has 5 rings (SSSR count). The fraction of sp³-hybridized carbons (Fsp3) is 0.290. The van der Waals surface area contributed by atoms with Crippen molar-refractivity contribution in [2.75, 3.05) is 42.3 Å². The zero-order valence-corrected chi connectivity index (χ0v) is 23.2. The Morgan fingerprint density at radius 3 is 2.48 bits per heavy atom. The first-order valence-corrected chi connectivity index (χ1v) is 13.8. The molecule has 0 spiro atoms. The van der Waals surface area contributed by atoms with Gasteiger partial charge in [-0.3, -0.25) is 19.1 Å². The highest BCUT2D eigenvalue weighted by atomic mass is 19.1. The number of piperidine rings is 1. The molecule has 0 atom stereocenters. The summed E-state index contributed by atoms with van der Waals surface area (Å²) in [5, 5.41) is 20.2. The molecule has 0 saturated carbocycles. The van der Waals surface area contributed by atoms with E-state index in [4.69, 9.17) is 4.74 Å². The Morgan fingerprint density at radius 1 is 0.952 bits per heavy atom. The average Bonchev–Trinajstić information content (AvgIpc) is 3.36. The number of fused-ring (bicyclic) bond motifs is 1. The van der Waals surface area contributed by atoms with Crippen molar-refractivity contribution in [2.24, 2.45) is 0 Å². The summed E-state index contributed by atoms with van der Waals surface area (Å²) in [7, 11) is 1.60. The van der Waals surface area contributed by atoms with Crippen LogP contribution in [0.15, 0.2) is 60.7 Å². The Morgan fingerprint density at radius 2 is 1.71 bits per heavy atom. The van der Waals surface area contributed by atoms with Crippen molar-refractivity contribution in [1.29, 1.82) is 0 Å². The summed E-state index contributed by atoms with van der Waals surface area (Å²) in [5.74, 6) is -2.69. The number of carboxylic acids is 1. The third-order valence-corrected chi connectivity index (χ3v) is 7.24. The third-order valence-electron chi connectivity index (χ3n) is 7.24. The lowest BCUT2D eigenvalue weighted by molar-refractivity contribution is -0.136. The predicted octanol–water partition coefficient (Wildman–Crippen LogP) is 4.94. The molecule has 1 aliphatic rings. The zero-order valence-electron chi connectivity index (χ0n) is 23.2. The van der Waals surface area contributed by atoms with Crippen LogP contribution in [0.1, 0.15) is 45.7 Å². The van der Waals surface area contributed by atoms with E-state index in [0.717, 1.165) is 55.7 Å². The summed E-state index contributed by atoms with van der Waals surface area (Å²) >= 11 is 0. The number of para-hydroxylation sites is 1. The number of benzene rings is 3. The van der Waals surface area contributed by atoms with Gasteiger partial charge in [0.15, 0.2) is 5.69 Å². The lowest BCUT2D eigenvalue weighted by atomic mass is 10.1. The molecule has 0 bridgehead atoms. The lowest BCUT2D eigenvalue weighted by Crippen LogP contribution is -2.30. The van der Waals surface area contributed by atoms with Crippen LogP contribution < -0.4 is 15.5 Å². The molecule has 0 radical (unpaired) electrons. The number of halogens is 1. The smallest absolute Gasteiger partial charge is 0.307 e. The molecule has 3 aromatic carbocycles. The van der Waals surface area contributed by atoms with E-state index in [-0.39, 0.29) is 22.5 Å². The van der Waals surface area contributed by atoms with Crippen molar-refractivity contribution in [3.05, 3.63) is 83.3 Å². The highest BCUT2D eigenvalue weighted by Gasteiger charge is 2.22. The minimum atomic E-state index is -1.15. The van der Waals surface area contributed by atoms with Crippen LogP contribution >= 0.6 is 0 Å². The summed E-state index contributed by atoms with van der Waals surface area (Å²) in [4.78, 5) is 40.4. The van der Waals surface area contributed by atoms with Gasteiger partial charge in [0.05, 0.1) is 36.5 Å². The van der Waals surface area contributed by atoms with Crippen LogP contribution in [-0.4, -0.2) is 59.5 Å². The Bertz CT molecular complexity index is 1630. The van der Waals surface area contributed by atoms with Gasteiger partial charge in [-0.2, -0.15) is 5.10 Å². The summed E-state index contributed by atoms with van der Waals surface area (Å²) < 4.78 is 20.7. The number of rotatable bonds is 10. The number of anilines is 3. The van der Waals surface area contributed by atoms with Gasteiger partial charge >= 0.3 is 5.97 Å². The number of hydrogen-bond donors (Lipinski definition) is 3. The number of carboxylic acid groups (broad SMARTS) is 1. The Hall–Kier alpha value is -4.77. The Labute approximate surface area is 242 Å². The highest BCUT2D eigenvalue weighted by Crippen LogP contribution is 2.31. The first-order chi connectivity index (χ1) is 20.3. The second kappa shape index (κ2) is 12.8. The normalized spacial score (nSPS) is 13.2. The molecule has 10 nitrogen and oxygen atoms in total. The number of hydrogen-bond acceptors (Lipinski definition) is 6. The molecule has 3 N–H and O–H groups in total. The van der Waals surface area contributed by atoms with Crippen LogP contribution in [-0.2, 0) is 22.5 Å². The van der Waals surface area contributed by atoms with E-state index >= 15 is 0 Å². The van der Waals surface area contributed by atoms with Gasteiger partial charge in [0.25, 0.3) is 11.8 Å². The number of amides is 2. The molecule has 218 valence electrons. The first-order valence-electron chi connectivity index (χ1n) is 13.8. The Balaban J connectivity index is 1.47. The summed E-state index contributed by atoms with van der Waals surface area (Å²) in [6.07, 6.45) is 2.70. The number of aromatic nitrogens is 2. The number of carbonyl (C=O) groups excluding carboxylic acids is 2. The van der Waals surface area contributed by atoms with E-state index in [1.54, 1.807) is 30.0 Å². The van der Waals surface area contributed by atoms with Crippen LogP contribution in [0.25, 0.3) is 10.9 Å². The van der Waals surface area contributed by atoms with Crippen molar-refractivity contribution in [2.45, 2.75) is 32.2 Å².